The number of nitrogens with zero attached hydrogens (tertiary/aromatic N) is 3. The van der Waals surface area contributed by atoms with Crippen molar-refractivity contribution < 1.29 is 4.92 Å². The zero-order chi connectivity index (χ0) is 14.5. The quantitative estimate of drug-likeness (QED) is 0.516. The Labute approximate surface area is 124 Å². The van der Waals surface area contributed by atoms with Crippen molar-refractivity contribution in [3.8, 4) is 0 Å². The number of anilines is 1. The smallest absolute Gasteiger partial charge is 0.343 e. The van der Waals surface area contributed by atoms with Crippen LogP contribution in [0.1, 0.15) is 6.92 Å². The average molecular weight is 311 g/mol. The van der Waals surface area contributed by atoms with Crippen molar-refractivity contribution in [3.05, 3.63) is 45.7 Å². The van der Waals surface area contributed by atoms with Crippen molar-refractivity contribution in [1.29, 1.82) is 0 Å². The Kier molecular flexibility index (Phi) is 4.75. The Hall–Kier alpha value is -1.86. The van der Waals surface area contributed by atoms with Crippen LogP contribution in [0.4, 0.5) is 11.5 Å². The first-order valence-electron chi connectivity index (χ1n) is 5.78. The standard InChI is InChI=1S/C12H11ClN4O2S/c1-2-14-11-10(17(18)19)12(16-7-15-11)20-9-5-3-8(13)4-6-9/h3-7H,2H2,1H3,(H,14,15,16). The highest BCUT2D eigenvalue weighted by Crippen LogP contribution is 2.36. The third-order valence-corrected chi connectivity index (χ3v) is 3.60. The van der Waals surface area contributed by atoms with E-state index >= 15 is 0 Å². The van der Waals surface area contributed by atoms with E-state index in [4.69, 9.17) is 11.6 Å². The first-order chi connectivity index (χ1) is 9.61. The zero-order valence-corrected chi connectivity index (χ0v) is 12.1. The van der Waals surface area contributed by atoms with Crippen molar-refractivity contribution in [1.82, 2.24) is 9.97 Å². The molecule has 104 valence electrons. The average Bonchev–Trinajstić information content (AvgIpc) is 2.41. The third-order valence-electron chi connectivity index (χ3n) is 2.34. The molecule has 0 radical (unpaired) electrons. The van der Waals surface area contributed by atoms with Gasteiger partial charge in [-0.15, -0.1) is 0 Å². The number of hydrogen-bond donors (Lipinski definition) is 1. The summed E-state index contributed by atoms with van der Waals surface area (Å²) in [4.78, 5) is 19.5. The molecule has 1 heterocycles. The number of aromatic nitrogens is 2. The van der Waals surface area contributed by atoms with Crippen molar-refractivity contribution in [2.45, 2.75) is 16.8 Å². The SMILES string of the molecule is CCNc1ncnc(Sc2ccc(Cl)cc2)c1[N+](=O)[O-]. The van der Waals surface area contributed by atoms with Gasteiger partial charge in [0.25, 0.3) is 0 Å². The minimum Gasteiger partial charge on any atom is -0.364 e. The summed E-state index contributed by atoms with van der Waals surface area (Å²) in [5.41, 5.74) is -0.116. The lowest BCUT2D eigenvalue weighted by Crippen LogP contribution is -2.05. The van der Waals surface area contributed by atoms with E-state index in [9.17, 15) is 10.1 Å². The minimum atomic E-state index is -0.476. The maximum atomic E-state index is 11.2. The van der Waals surface area contributed by atoms with Crippen LogP contribution in [-0.2, 0) is 0 Å². The highest BCUT2D eigenvalue weighted by Gasteiger charge is 2.23. The van der Waals surface area contributed by atoms with Crippen LogP contribution in [0.5, 0.6) is 0 Å². The first-order valence-corrected chi connectivity index (χ1v) is 6.98. The maximum absolute atomic E-state index is 11.2. The van der Waals surface area contributed by atoms with Crippen LogP contribution >= 0.6 is 23.4 Å². The number of nitro groups is 1. The summed E-state index contributed by atoms with van der Waals surface area (Å²) < 4.78 is 0. The second kappa shape index (κ2) is 6.53. The molecule has 1 N–H and O–H groups in total. The molecule has 0 atom stereocenters. The Morgan fingerprint density at radius 2 is 2.05 bits per heavy atom. The Balaban J connectivity index is 2.37. The van der Waals surface area contributed by atoms with Crippen LogP contribution in [0.25, 0.3) is 0 Å². The first kappa shape index (κ1) is 14.5. The summed E-state index contributed by atoms with van der Waals surface area (Å²) in [5, 5.41) is 15.0. The lowest BCUT2D eigenvalue weighted by molar-refractivity contribution is -0.387. The molecular formula is C12H11ClN4O2S. The van der Waals surface area contributed by atoms with Crippen LogP contribution in [0.15, 0.2) is 40.5 Å². The van der Waals surface area contributed by atoms with Crippen LogP contribution in [0.2, 0.25) is 5.02 Å². The molecule has 1 aromatic heterocycles. The molecule has 2 aromatic rings. The molecule has 6 nitrogen and oxygen atoms in total. The summed E-state index contributed by atoms with van der Waals surface area (Å²) in [5.74, 6) is 0.226. The van der Waals surface area contributed by atoms with Crippen molar-refractivity contribution in [2.75, 3.05) is 11.9 Å². The monoisotopic (exact) mass is 310 g/mol. The molecule has 0 aliphatic heterocycles. The summed E-state index contributed by atoms with van der Waals surface area (Å²) in [6, 6.07) is 7.02. The highest BCUT2D eigenvalue weighted by atomic mass is 35.5. The van der Waals surface area contributed by atoms with E-state index in [0.717, 1.165) is 4.90 Å². The minimum absolute atomic E-state index is 0.116. The lowest BCUT2D eigenvalue weighted by atomic mass is 10.4. The van der Waals surface area contributed by atoms with Gasteiger partial charge in [-0.25, -0.2) is 9.97 Å². The van der Waals surface area contributed by atoms with Crippen molar-refractivity contribution in [3.63, 3.8) is 0 Å². The zero-order valence-electron chi connectivity index (χ0n) is 10.5. The molecule has 0 amide bonds. The van der Waals surface area contributed by atoms with E-state index < -0.39 is 4.92 Å². The van der Waals surface area contributed by atoms with E-state index in [1.165, 1.54) is 18.1 Å². The molecule has 0 saturated carbocycles. The van der Waals surface area contributed by atoms with Gasteiger partial charge in [0.05, 0.1) is 4.92 Å². The van der Waals surface area contributed by atoms with Crippen molar-refractivity contribution in [2.24, 2.45) is 0 Å². The number of nitrogens with one attached hydrogen (secondary N) is 1. The predicted octanol–water partition coefficient (Wildman–Crippen LogP) is 3.62. The topological polar surface area (TPSA) is 81.0 Å². The van der Waals surface area contributed by atoms with Crippen LogP contribution in [-0.4, -0.2) is 21.4 Å². The van der Waals surface area contributed by atoms with Gasteiger partial charge in [-0.2, -0.15) is 0 Å². The van der Waals surface area contributed by atoms with E-state index in [1.807, 2.05) is 6.92 Å². The largest absolute Gasteiger partial charge is 0.364 e. The van der Waals surface area contributed by atoms with Gasteiger partial charge in [-0.05, 0) is 31.2 Å². The van der Waals surface area contributed by atoms with Gasteiger partial charge in [0, 0.05) is 16.5 Å². The lowest BCUT2D eigenvalue weighted by Gasteiger charge is -2.06. The molecule has 20 heavy (non-hydrogen) atoms. The van der Waals surface area contributed by atoms with E-state index in [1.54, 1.807) is 24.3 Å². The molecule has 1 aromatic carbocycles. The molecule has 8 heteroatoms. The second-order valence-electron chi connectivity index (χ2n) is 3.72. The summed E-state index contributed by atoms with van der Waals surface area (Å²) in [7, 11) is 0. The molecule has 0 aliphatic rings. The highest BCUT2D eigenvalue weighted by molar-refractivity contribution is 7.99. The number of benzene rings is 1. The summed E-state index contributed by atoms with van der Waals surface area (Å²) >= 11 is 7.01. The molecule has 0 fully saturated rings. The molecule has 0 unspecified atom stereocenters. The molecule has 0 saturated heterocycles. The van der Waals surface area contributed by atoms with Gasteiger partial charge >= 0.3 is 5.69 Å². The molecule has 0 aliphatic carbocycles. The fraction of sp³-hybridized carbons (Fsp3) is 0.167. The Bertz CT molecular complexity index is 621. The van der Waals surface area contributed by atoms with Gasteiger partial charge in [0.2, 0.25) is 5.82 Å². The van der Waals surface area contributed by atoms with Crippen LogP contribution in [0.3, 0.4) is 0 Å². The summed E-state index contributed by atoms with van der Waals surface area (Å²) in [6.45, 7) is 2.39. The van der Waals surface area contributed by atoms with E-state index in [0.29, 0.717) is 16.6 Å². The maximum Gasteiger partial charge on any atom is 0.343 e. The van der Waals surface area contributed by atoms with Crippen molar-refractivity contribution >= 4 is 34.9 Å². The fourth-order valence-electron chi connectivity index (χ4n) is 1.51. The normalized spacial score (nSPS) is 10.3. The van der Waals surface area contributed by atoms with E-state index in [2.05, 4.69) is 15.3 Å². The van der Waals surface area contributed by atoms with Crippen LogP contribution in [0, 0.1) is 10.1 Å². The predicted molar refractivity (Wildman–Crippen MR) is 78.4 cm³/mol. The fourth-order valence-corrected chi connectivity index (χ4v) is 2.50. The number of halogens is 1. The van der Waals surface area contributed by atoms with Crippen LogP contribution < -0.4 is 5.32 Å². The van der Waals surface area contributed by atoms with Gasteiger partial charge in [0.1, 0.15) is 6.33 Å². The van der Waals surface area contributed by atoms with Gasteiger partial charge < -0.3 is 5.32 Å². The number of rotatable bonds is 5. The van der Waals surface area contributed by atoms with Gasteiger partial charge in [-0.1, -0.05) is 23.4 Å². The Morgan fingerprint density at radius 3 is 2.65 bits per heavy atom. The third kappa shape index (κ3) is 3.37. The molecule has 2 rings (SSSR count). The number of hydrogen-bond acceptors (Lipinski definition) is 6. The second-order valence-corrected chi connectivity index (χ2v) is 5.22. The van der Waals surface area contributed by atoms with Gasteiger partial charge in [0.15, 0.2) is 5.03 Å². The van der Waals surface area contributed by atoms with E-state index in [-0.39, 0.29) is 11.5 Å². The molecule has 0 spiro atoms. The van der Waals surface area contributed by atoms with Gasteiger partial charge in [-0.3, -0.25) is 10.1 Å². The molecule has 0 bridgehead atoms. The Morgan fingerprint density at radius 1 is 1.35 bits per heavy atom. The molecular weight excluding hydrogens is 300 g/mol. The summed E-state index contributed by atoms with van der Waals surface area (Å²) in [6.07, 6.45) is 1.31.